The van der Waals surface area contributed by atoms with Gasteiger partial charge >= 0.3 is 0 Å². The van der Waals surface area contributed by atoms with Gasteiger partial charge in [-0.25, -0.2) is 0 Å². The highest BCUT2D eigenvalue weighted by Crippen LogP contribution is 2.30. The molecular weight excluding hydrogens is 182 g/mol. The molecule has 2 N–H and O–H groups in total. The van der Waals surface area contributed by atoms with Crippen LogP contribution in [0.15, 0.2) is 30.3 Å². The van der Waals surface area contributed by atoms with Gasteiger partial charge in [0.15, 0.2) is 0 Å². The van der Waals surface area contributed by atoms with Gasteiger partial charge in [-0.2, -0.15) is 0 Å². The van der Waals surface area contributed by atoms with Crippen LogP contribution in [-0.4, -0.2) is 6.04 Å². The molecule has 15 heavy (non-hydrogen) atoms. The van der Waals surface area contributed by atoms with Gasteiger partial charge in [0, 0.05) is 6.04 Å². The largest absolute Gasteiger partial charge is 0.327 e. The minimum Gasteiger partial charge on any atom is -0.327 e. The Morgan fingerprint density at radius 3 is 2.67 bits per heavy atom. The molecule has 0 saturated heterocycles. The number of hydrogen-bond acceptors (Lipinski definition) is 1. The number of benzene rings is 1. The summed E-state index contributed by atoms with van der Waals surface area (Å²) < 4.78 is 0. The second-order valence-electron chi connectivity index (χ2n) is 5.03. The smallest absolute Gasteiger partial charge is 0.00705 e. The average molecular weight is 203 g/mol. The first-order valence-corrected chi connectivity index (χ1v) is 6.05. The number of hydrogen-bond donors (Lipinski definition) is 1. The van der Waals surface area contributed by atoms with Gasteiger partial charge in [-0.05, 0) is 43.1 Å². The Hall–Kier alpha value is -0.820. The predicted octanol–water partition coefficient (Wildman–Crippen LogP) is 2.99. The van der Waals surface area contributed by atoms with Crippen molar-refractivity contribution < 1.29 is 0 Å². The Morgan fingerprint density at radius 2 is 1.93 bits per heavy atom. The zero-order valence-corrected chi connectivity index (χ0v) is 9.52. The maximum atomic E-state index is 6.19. The van der Waals surface area contributed by atoms with E-state index in [4.69, 9.17) is 5.73 Å². The van der Waals surface area contributed by atoms with Crippen molar-refractivity contribution in [3.8, 4) is 0 Å². The molecule has 1 aromatic carbocycles. The molecule has 1 heteroatoms. The molecule has 1 aliphatic rings. The van der Waals surface area contributed by atoms with Crippen molar-refractivity contribution in [1.29, 1.82) is 0 Å². The van der Waals surface area contributed by atoms with E-state index >= 15 is 0 Å². The van der Waals surface area contributed by atoms with Gasteiger partial charge in [0.1, 0.15) is 0 Å². The highest BCUT2D eigenvalue weighted by molar-refractivity contribution is 5.15. The van der Waals surface area contributed by atoms with Crippen LogP contribution in [-0.2, 0) is 6.42 Å². The second kappa shape index (κ2) is 4.80. The molecule has 0 heterocycles. The van der Waals surface area contributed by atoms with E-state index < -0.39 is 0 Å². The van der Waals surface area contributed by atoms with Crippen molar-refractivity contribution in [2.75, 3.05) is 0 Å². The summed E-state index contributed by atoms with van der Waals surface area (Å²) >= 11 is 0. The third-order valence-corrected chi connectivity index (χ3v) is 3.64. The summed E-state index contributed by atoms with van der Waals surface area (Å²) in [5.74, 6) is 1.55. The fraction of sp³-hybridized carbons (Fsp3) is 0.571. The lowest BCUT2D eigenvalue weighted by Gasteiger charge is -2.32. The molecule has 0 bridgehead atoms. The van der Waals surface area contributed by atoms with Crippen molar-refractivity contribution >= 4 is 0 Å². The molecule has 1 aliphatic carbocycles. The van der Waals surface area contributed by atoms with E-state index in [-0.39, 0.29) is 0 Å². The summed E-state index contributed by atoms with van der Waals surface area (Å²) in [7, 11) is 0. The maximum Gasteiger partial charge on any atom is 0.00705 e. The molecule has 1 saturated carbocycles. The van der Waals surface area contributed by atoms with Crippen molar-refractivity contribution in [2.45, 2.75) is 38.6 Å². The lowest BCUT2D eigenvalue weighted by Crippen LogP contribution is -2.36. The summed E-state index contributed by atoms with van der Waals surface area (Å²) in [6.07, 6.45) is 4.98. The molecule has 0 amide bonds. The van der Waals surface area contributed by atoms with Gasteiger partial charge in [-0.1, -0.05) is 37.3 Å². The van der Waals surface area contributed by atoms with Gasteiger partial charge in [0.25, 0.3) is 0 Å². The molecule has 1 nitrogen and oxygen atoms in total. The van der Waals surface area contributed by atoms with Crippen LogP contribution in [0.4, 0.5) is 0 Å². The molecule has 0 aromatic heterocycles. The van der Waals surface area contributed by atoms with Crippen LogP contribution in [0.2, 0.25) is 0 Å². The van der Waals surface area contributed by atoms with Gasteiger partial charge < -0.3 is 5.73 Å². The summed E-state index contributed by atoms with van der Waals surface area (Å²) in [4.78, 5) is 0. The first kappa shape index (κ1) is 10.7. The SMILES string of the molecule is CC1CCC(N)C(Cc2ccccc2)C1. The zero-order valence-electron chi connectivity index (χ0n) is 9.52. The Bertz CT molecular complexity index is 293. The van der Waals surface area contributed by atoms with Crippen molar-refractivity contribution in [1.82, 2.24) is 0 Å². The van der Waals surface area contributed by atoms with Gasteiger partial charge in [0.2, 0.25) is 0 Å². The van der Waals surface area contributed by atoms with Crippen molar-refractivity contribution in [2.24, 2.45) is 17.6 Å². The molecule has 3 unspecified atom stereocenters. The third-order valence-electron chi connectivity index (χ3n) is 3.64. The first-order valence-electron chi connectivity index (χ1n) is 6.05. The van der Waals surface area contributed by atoms with E-state index in [1.165, 1.54) is 24.8 Å². The molecule has 82 valence electrons. The van der Waals surface area contributed by atoms with Crippen LogP contribution in [0.1, 0.15) is 31.7 Å². The Balaban J connectivity index is 1.98. The lowest BCUT2D eigenvalue weighted by atomic mass is 9.76. The van der Waals surface area contributed by atoms with Crippen molar-refractivity contribution in [3.05, 3.63) is 35.9 Å². The first-order chi connectivity index (χ1) is 7.25. The molecule has 1 fully saturated rings. The molecule has 0 aliphatic heterocycles. The average Bonchev–Trinajstić information content (AvgIpc) is 2.25. The zero-order chi connectivity index (χ0) is 10.7. The predicted molar refractivity (Wildman–Crippen MR) is 64.6 cm³/mol. The van der Waals surface area contributed by atoms with E-state index in [0.717, 1.165) is 12.3 Å². The third kappa shape index (κ3) is 2.82. The van der Waals surface area contributed by atoms with Gasteiger partial charge in [0.05, 0.1) is 0 Å². The van der Waals surface area contributed by atoms with Gasteiger partial charge in [-0.15, -0.1) is 0 Å². The Kier molecular flexibility index (Phi) is 3.42. The topological polar surface area (TPSA) is 26.0 Å². The van der Waals surface area contributed by atoms with Gasteiger partial charge in [-0.3, -0.25) is 0 Å². The highest BCUT2D eigenvalue weighted by Gasteiger charge is 2.25. The molecule has 0 radical (unpaired) electrons. The highest BCUT2D eigenvalue weighted by atomic mass is 14.7. The Labute approximate surface area is 92.7 Å². The van der Waals surface area contributed by atoms with Crippen LogP contribution < -0.4 is 5.73 Å². The minimum absolute atomic E-state index is 0.418. The fourth-order valence-electron chi connectivity index (χ4n) is 2.67. The quantitative estimate of drug-likeness (QED) is 0.785. The van der Waals surface area contributed by atoms with E-state index in [9.17, 15) is 0 Å². The van der Waals surface area contributed by atoms with Crippen LogP contribution in [0.25, 0.3) is 0 Å². The maximum absolute atomic E-state index is 6.19. The van der Waals surface area contributed by atoms with E-state index in [1.54, 1.807) is 0 Å². The van der Waals surface area contributed by atoms with Crippen LogP contribution in [0, 0.1) is 11.8 Å². The van der Waals surface area contributed by atoms with E-state index in [1.807, 2.05) is 0 Å². The lowest BCUT2D eigenvalue weighted by molar-refractivity contribution is 0.245. The molecule has 0 spiro atoms. The Morgan fingerprint density at radius 1 is 1.20 bits per heavy atom. The summed E-state index contributed by atoms with van der Waals surface area (Å²) in [5, 5.41) is 0. The fourth-order valence-corrected chi connectivity index (χ4v) is 2.67. The monoisotopic (exact) mass is 203 g/mol. The normalized spacial score (nSPS) is 31.5. The van der Waals surface area contributed by atoms with Crippen molar-refractivity contribution in [3.63, 3.8) is 0 Å². The summed E-state index contributed by atoms with van der Waals surface area (Å²) in [6.45, 7) is 2.35. The number of rotatable bonds is 2. The number of nitrogens with two attached hydrogens (primary N) is 1. The van der Waals surface area contributed by atoms with E-state index in [0.29, 0.717) is 12.0 Å². The summed E-state index contributed by atoms with van der Waals surface area (Å²) in [6, 6.07) is 11.2. The standard InChI is InChI=1S/C14H21N/c1-11-7-8-14(15)13(9-11)10-12-5-3-2-4-6-12/h2-6,11,13-14H,7-10,15H2,1H3. The molecular formula is C14H21N. The molecule has 2 rings (SSSR count). The molecule has 1 aromatic rings. The van der Waals surface area contributed by atoms with Crippen LogP contribution in [0.3, 0.4) is 0 Å². The molecule has 3 atom stereocenters. The summed E-state index contributed by atoms with van der Waals surface area (Å²) in [5.41, 5.74) is 7.63. The minimum atomic E-state index is 0.418. The van der Waals surface area contributed by atoms with Crippen LogP contribution >= 0.6 is 0 Å². The second-order valence-corrected chi connectivity index (χ2v) is 5.03. The van der Waals surface area contributed by atoms with E-state index in [2.05, 4.69) is 37.3 Å². The van der Waals surface area contributed by atoms with Crippen LogP contribution in [0.5, 0.6) is 0 Å².